The Labute approximate surface area is 154 Å². The van der Waals surface area contributed by atoms with Crippen molar-refractivity contribution >= 4 is 47.2 Å². The minimum Gasteiger partial charge on any atom is -0.322 e. The van der Waals surface area contributed by atoms with Gasteiger partial charge in [0.1, 0.15) is 0 Å². The molecular formula is C16H24Cl3N3O. The van der Waals surface area contributed by atoms with Gasteiger partial charge in [-0.05, 0) is 37.1 Å². The monoisotopic (exact) mass is 379 g/mol. The van der Waals surface area contributed by atoms with Gasteiger partial charge in [-0.1, -0.05) is 43.1 Å². The molecule has 1 saturated heterocycles. The molecule has 1 aliphatic rings. The number of likely N-dealkylation sites (N-methyl/N-ethyl adjacent to an activating group) is 1. The third-order valence-electron chi connectivity index (χ3n) is 4.10. The molecule has 2 rings (SSSR count). The number of benzene rings is 1. The maximum absolute atomic E-state index is 12.3. The van der Waals surface area contributed by atoms with E-state index in [0.717, 1.165) is 32.6 Å². The lowest BCUT2D eigenvalue weighted by atomic mass is 9.89. The van der Waals surface area contributed by atoms with Crippen LogP contribution in [-0.2, 0) is 4.79 Å². The predicted octanol–water partition coefficient (Wildman–Crippen LogP) is 3.68. The highest BCUT2D eigenvalue weighted by molar-refractivity contribution is 6.39. The van der Waals surface area contributed by atoms with Crippen LogP contribution < -0.4 is 10.6 Å². The largest absolute Gasteiger partial charge is 0.322 e. The number of nitrogens with one attached hydrogen (secondary N) is 2. The second-order valence-corrected chi connectivity index (χ2v) is 7.00. The zero-order valence-corrected chi connectivity index (χ0v) is 15.8. The molecule has 0 aliphatic carbocycles. The summed E-state index contributed by atoms with van der Waals surface area (Å²) in [6.45, 7) is 8.46. The standard InChI is InChI=1S/C16H23Cl2N3O.ClH/c1-3-21(11-16(2)7-8-19-10-16)9-14(22)20-15-12(17)5-4-6-13(15)18;/h4-6,19H,3,7-11H2,1-2H3,(H,20,22);1H. The molecule has 1 aromatic rings. The van der Waals surface area contributed by atoms with E-state index in [1.807, 2.05) is 0 Å². The summed E-state index contributed by atoms with van der Waals surface area (Å²) >= 11 is 12.2. The quantitative estimate of drug-likeness (QED) is 0.791. The number of nitrogens with zero attached hydrogens (tertiary/aromatic N) is 1. The number of carbonyl (C=O) groups excluding carboxylic acids is 1. The average Bonchev–Trinajstić information content (AvgIpc) is 2.89. The molecule has 7 heteroatoms. The first-order chi connectivity index (χ1) is 10.4. The number of carbonyl (C=O) groups is 1. The van der Waals surface area contributed by atoms with E-state index in [1.165, 1.54) is 0 Å². The van der Waals surface area contributed by atoms with Crippen molar-refractivity contribution in [2.75, 3.05) is 38.0 Å². The van der Waals surface area contributed by atoms with Crippen LogP contribution in [0.3, 0.4) is 0 Å². The third kappa shape index (κ3) is 5.80. The topological polar surface area (TPSA) is 44.4 Å². The van der Waals surface area contributed by atoms with Gasteiger partial charge >= 0.3 is 0 Å². The van der Waals surface area contributed by atoms with E-state index in [2.05, 4.69) is 29.4 Å². The van der Waals surface area contributed by atoms with E-state index in [-0.39, 0.29) is 23.7 Å². The summed E-state index contributed by atoms with van der Waals surface area (Å²) in [5.41, 5.74) is 0.721. The lowest BCUT2D eigenvalue weighted by Gasteiger charge is -2.30. The Morgan fingerprint density at radius 3 is 2.57 bits per heavy atom. The molecular weight excluding hydrogens is 357 g/mol. The number of hydrogen-bond donors (Lipinski definition) is 2. The van der Waals surface area contributed by atoms with Crippen LogP contribution in [0, 0.1) is 5.41 Å². The van der Waals surface area contributed by atoms with E-state index in [0.29, 0.717) is 22.3 Å². The first kappa shape index (κ1) is 20.5. The van der Waals surface area contributed by atoms with Crippen molar-refractivity contribution in [3.8, 4) is 0 Å². The fourth-order valence-corrected chi connectivity index (χ4v) is 3.31. The number of amides is 1. The summed E-state index contributed by atoms with van der Waals surface area (Å²) in [7, 11) is 0. The summed E-state index contributed by atoms with van der Waals surface area (Å²) in [6, 6.07) is 5.18. The number of rotatable bonds is 6. The van der Waals surface area contributed by atoms with Gasteiger partial charge in [0.2, 0.25) is 5.91 Å². The molecule has 1 aliphatic heterocycles. The number of anilines is 1. The maximum atomic E-state index is 12.3. The van der Waals surface area contributed by atoms with Crippen molar-refractivity contribution in [3.05, 3.63) is 28.2 Å². The molecule has 0 radical (unpaired) electrons. The Hall–Kier alpha value is -0.520. The second kappa shape index (κ2) is 9.09. The highest BCUT2D eigenvalue weighted by Gasteiger charge is 2.30. The summed E-state index contributed by atoms with van der Waals surface area (Å²) in [5, 5.41) is 7.12. The van der Waals surface area contributed by atoms with Crippen molar-refractivity contribution < 1.29 is 4.79 Å². The van der Waals surface area contributed by atoms with Crippen LogP contribution in [0.4, 0.5) is 5.69 Å². The molecule has 2 N–H and O–H groups in total. The smallest absolute Gasteiger partial charge is 0.238 e. The van der Waals surface area contributed by atoms with Crippen molar-refractivity contribution in [2.45, 2.75) is 20.3 Å². The SMILES string of the molecule is CCN(CC(=O)Nc1c(Cl)cccc1Cl)CC1(C)CCNC1.Cl. The lowest BCUT2D eigenvalue weighted by molar-refractivity contribution is -0.117. The van der Waals surface area contributed by atoms with Crippen LogP contribution in [0.2, 0.25) is 10.0 Å². The number of para-hydroxylation sites is 1. The summed E-state index contributed by atoms with van der Waals surface area (Å²) in [4.78, 5) is 14.4. The van der Waals surface area contributed by atoms with Gasteiger partial charge in [0, 0.05) is 13.1 Å². The molecule has 23 heavy (non-hydrogen) atoms. The van der Waals surface area contributed by atoms with E-state index in [4.69, 9.17) is 23.2 Å². The fourth-order valence-electron chi connectivity index (χ4n) is 2.82. The van der Waals surface area contributed by atoms with Gasteiger partial charge < -0.3 is 10.6 Å². The molecule has 0 spiro atoms. The van der Waals surface area contributed by atoms with Crippen molar-refractivity contribution in [2.24, 2.45) is 5.41 Å². The Balaban J connectivity index is 0.00000264. The van der Waals surface area contributed by atoms with E-state index >= 15 is 0 Å². The van der Waals surface area contributed by atoms with Crippen molar-refractivity contribution in [1.29, 1.82) is 0 Å². The molecule has 0 bridgehead atoms. The highest BCUT2D eigenvalue weighted by atomic mass is 35.5. The molecule has 1 fully saturated rings. The molecule has 0 saturated carbocycles. The number of halogens is 3. The Kier molecular flexibility index (Phi) is 8.11. The molecule has 1 heterocycles. The first-order valence-electron chi connectivity index (χ1n) is 7.60. The molecule has 130 valence electrons. The normalized spacial score (nSPS) is 20.4. The van der Waals surface area contributed by atoms with Gasteiger partial charge in [-0.3, -0.25) is 9.69 Å². The fraction of sp³-hybridized carbons (Fsp3) is 0.562. The highest BCUT2D eigenvalue weighted by Crippen LogP contribution is 2.30. The van der Waals surface area contributed by atoms with Crippen LogP contribution in [0.15, 0.2) is 18.2 Å². The lowest BCUT2D eigenvalue weighted by Crippen LogP contribution is -2.41. The zero-order chi connectivity index (χ0) is 16.2. The Morgan fingerprint density at radius 1 is 1.39 bits per heavy atom. The summed E-state index contributed by atoms with van der Waals surface area (Å²) in [6.07, 6.45) is 1.14. The van der Waals surface area contributed by atoms with Gasteiger partial charge in [-0.2, -0.15) is 0 Å². The molecule has 1 aromatic carbocycles. The molecule has 4 nitrogen and oxygen atoms in total. The second-order valence-electron chi connectivity index (χ2n) is 6.19. The van der Waals surface area contributed by atoms with E-state index in [1.54, 1.807) is 18.2 Å². The van der Waals surface area contributed by atoms with Crippen molar-refractivity contribution in [1.82, 2.24) is 10.2 Å². The van der Waals surface area contributed by atoms with Gasteiger partial charge in [-0.15, -0.1) is 12.4 Å². The molecule has 0 aromatic heterocycles. The van der Waals surface area contributed by atoms with Crippen LogP contribution in [0.5, 0.6) is 0 Å². The minimum absolute atomic E-state index is 0. The van der Waals surface area contributed by atoms with Crippen LogP contribution >= 0.6 is 35.6 Å². The van der Waals surface area contributed by atoms with Gasteiger partial charge in [0.25, 0.3) is 0 Å². The van der Waals surface area contributed by atoms with Crippen LogP contribution in [-0.4, -0.2) is 43.5 Å². The third-order valence-corrected chi connectivity index (χ3v) is 4.73. The van der Waals surface area contributed by atoms with Crippen LogP contribution in [0.25, 0.3) is 0 Å². The van der Waals surface area contributed by atoms with E-state index < -0.39 is 0 Å². The minimum atomic E-state index is -0.0913. The molecule has 1 atom stereocenters. The van der Waals surface area contributed by atoms with Gasteiger partial charge in [0.15, 0.2) is 0 Å². The predicted molar refractivity (Wildman–Crippen MR) is 100 cm³/mol. The van der Waals surface area contributed by atoms with Crippen LogP contribution in [0.1, 0.15) is 20.3 Å². The van der Waals surface area contributed by atoms with E-state index in [9.17, 15) is 4.79 Å². The summed E-state index contributed by atoms with van der Waals surface area (Å²) in [5.74, 6) is -0.0913. The maximum Gasteiger partial charge on any atom is 0.238 e. The molecule has 1 unspecified atom stereocenters. The van der Waals surface area contributed by atoms with Gasteiger partial charge in [0.05, 0.1) is 22.3 Å². The zero-order valence-electron chi connectivity index (χ0n) is 13.5. The molecule has 1 amide bonds. The average molecular weight is 381 g/mol. The summed E-state index contributed by atoms with van der Waals surface area (Å²) < 4.78 is 0. The Bertz CT molecular complexity index is 513. The van der Waals surface area contributed by atoms with Crippen molar-refractivity contribution in [3.63, 3.8) is 0 Å². The Morgan fingerprint density at radius 2 is 2.04 bits per heavy atom. The van der Waals surface area contributed by atoms with Gasteiger partial charge in [-0.25, -0.2) is 0 Å². The number of hydrogen-bond acceptors (Lipinski definition) is 3. The first-order valence-corrected chi connectivity index (χ1v) is 8.36.